The van der Waals surface area contributed by atoms with Gasteiger partial charge in [0.15, 0.2) is 0 Å². The number of hydrogen-bond donors (Lipinski definition) is 3. The summed E-state index contributed by atoms with van der Waals surface area (Å²) in [4.78, 5) is 25.2. The van der Waals surface area contributed by atoms with Gasteiger partial charge in [-0.15, -0.1) is 0 Å². The summed E-state index contributed by atoms with van der Waals surface area (Å²) in [5, 5.41) is 25.0. The molecule has 2 saturated heterocycles. The van der Waals surface area contributed by atoms with E-state index in [-0.39, 0.29) is 24.1 Å². The Balaban J connectivity index is 1.32. The third kappa shape index (κ3) is 5.70. The number of benzene rings is 1. The van der Waals surface area contributed by atoms with E-state index in [9.17, 15) is 28.2 Å². The topological polar surface area (TPSA) is 102 Å². The highest BCUT2D eigenvalue weighted by Gasteiger charge is 2.37. The maximum atomic E-state index is 14.7. The number of aliphatic hydroxyl groups is 2. The van der Waals surface area contributed by atoms with Crippen LogP contribution in [0.3, 0.4) is 0 Å². The Labute approximate surface area is 224 Å². The summed E-state index contributed by atoms with van der Waals surface area (Å²) < 4.78 is 41.2. The number of nitrogens with zero attached hydrogens (tertiary/aromatic N) is 4. The molecule has 8 nitrogen and oxygen atoms in total. The Morgan fingerprint density at radius 3 is 2.62 bits per heavy atom. The number of fused-ring (bicyclic) bond motifs is 1. The van der Waals surface area contributed by atoms with Gasteiger partial charge in [-0.3, -0.25) is 19.7 Å². The molecule has 0 aliphatic carbocycles. The van der Waals surface area contributed by atoms with E-state index in [1.165, 1.54) is 12.1 Å². The highest BCUT2D eigenvalue weighted by Crippen LogP contribution is 2.35. The van der Waals surface area contributed by atoms with Gasteiger partial charge in [-0.2, -0.15) is 0 Å². The lowest BCUT2D eigenvalue weighted by Gasteiger charge is -2.38. The van der Waals surface area contributed by atoms with Crippen molar-refractivity contribution in [3.05, 3.63) is 65.4 Å². The van der Waals surface area contributed by atoms with Crippen molar-refractivity contribution in [1.82, 2.24) is 19.8 Å². The number of halogens is 3. The van der Waals surface area contributed by atoms with Crippen molar-refractivity contribution in [2.45, 2.75) is 50.4 Å². The molecule has 0 bridgehead atoms. The van der Waals surface area contributed by atoms with E-state index in [0.717, 1.165) is 6.07 Å². The van der Waals surface area contributed by atoms with Crippen LogP contribution in [0.1, 0.15) is 55.5 Å². The molecule has 3 aromatic rings. The number of pyridine rings is 2. The van der Waals surface area contributed by atoms with E-state index < -0.39 is 29.4 Å². The number of amides is 1. The van der Waals surface area contributed by atoms with E-state index in [2.05, 4.69) is 15.3 Å². The number of carbonyl (C=O) groups excluding carboxylic acids is 1. The molecule has 3 N–H and O–H groups in total. The Kier molecular flexibility index (Phi) is 7.75. The monoisotopic (exact) mass is 543 g/mol. The fourth-order valence-corrected chi connectivity index (χ4v) is 5.44. The second-order valence-electron chi connectivity index (χ2n) is 10.5. The molecule has 2 atom stereocenters. The van der Waals surface area contributed by atoms with Crippen LogP contribution < -0.4 is 5.32 Å². The minimum absolute atomic E-state index is 0.0227. The number of anilines is 1. The molecule has 0 radical (unpaired) electrons. The van der Waals surface area contributed by atoms with Gasteiger partial charge >= 0.3 is 0 Å². The van der Waals surface area contributed by atoms with Crippen molar-refractivity contribution in [2.75, 3.05) is 38.0 Å². The molecule has 2 aromatic heterocycles. The first kappa shape index (κ1) is 27.3. The van der Waals surface area contributed by atoms with Crippen LogP contribution in [-0.2, 0) is 10.4 Å². The first-order valence-electron chi connectivity index (χ1n) is 13.1. The SMILES string of the molecule is C[C@@H](Nc1ccnc2cnc(C3(O)CCN(C(=O)CN4CC[C@H](O)C4)CC3)cc12)c1cccc(C(F)F)c1F. The summed E-state index contributed by atoms with van der Waals surface area (Å²) in [6.07, 6.45) is 1.12. The molecule has 11 heteroatoms. The van der Waals surface area contributed by atoms with Crippen molar-refractivity contribution < 1.29 is 28.2 Å². The van der Waals surface area contributed by atoms with Gasteiger partial charge in [0.25, 0.3) is 6.43 Å². The molecular formula is C28H32F3N5O3. The number of hydrogen-bond acceptors (Lipinski definition) is 7. The smallest absolute Gasteiger partial charge is 0.266 e. The van der Waals surface area contributed by atoms with E-state index in [4.69, 9.17) is 0 Å². The van der Waals surface area contributed by atoms with Gasteiger partial charge in [-0.25, -0.2) is 13.2 Å². The average Bonchev–Trinajstić information content (AvgIpc) is 3.33. The van der Waals surface area contributed by atoms with Crippen molar-refractivity contribution in [2.24, 2.45) is 0 Å². The highest BCUT2D eigenvalue weighted by atomic mass is 19.3. The summed E-state index contributed by atoms with van der Waals surface area (Å²) in [6.45, 7) is 3.88. The second kappa shape index (κ2) is 11.1. The minimum atomic E-state index is -2.91. The molecule has 5 rings (SSSR count). The highest BCUT2D eigenvalue weighted by molar-refractivity contribution is 5.91. The zero-order valence-corrected chi connectivity index (χ0v) is 21.7. The molecule has 4 heterocycles. The molecular weight excluding hydrogens is 511 g/mol. The zero-order valence-electron chi connectivity index (χ0n) is 21.7. The number of aromatic nitrogens is 2. The van der Waals surface area contributed by atoms with Crippen LogP contribution in [0, 0.1) is 5.82 Å². The molecule has 2 aliphatic rings. The van der Waals surface area contributed by atoms with E-state index >= 15 is 0 Å². The Hall–Kier alpha value is -3.28. The van der Waals surface area contributed by atoms with Gasteiger partial charge in [0.05, 0.1) is 41.7 Å². The average molecular weight is 544 g/mol. The third-order valence-electron chi connectivity index (χ3n) is 7.79. The lowest BCUT2D eigenvalue weighted by atomic mass is 9.87. The van der Waals surface area contributed by atoms with Gasteiger partial charge in [0.1, 0.15) is 11.4 Å². The van der Waals surface area contributed by atoms with E-state index in [1.54, 1.807) is 36.4 Å². The summed E-state index contributed by atoms with van der Waals surface area (Å²) in [5.74, 6) is -0.963. The maximum Gasteiger partial charge on any atom is 0.266 e. The number of likely N-dealkylation sites (tertiary alicyclic amines) is 2. The molecule has 1 amide bonds. The number of rotatable bonds is 7. The zero-order chi connectivity index (χ0) is 27.7. The van der Waals surface area contributed by atoms with Crippen LogP contribution >= 0.6 is 0 Å². The number of aliphatic hydroxyl groups excluding tert-OH is 1. The molecule has 39 heavy (non-hydrogen) atoms. The Bertz CT molecular complexity index is 1350. The summed E-state index contributed by atoms with van der Waals surface area (Å²) in [7, 11) is 0. The molecule has 2 aliphatic heterocycles. The van der Waals surface area contributed by atoms with Crippen LogP contribution in [0.25, 0.3) is 10.9 Å². The van der Waals surface area contributed by atoms with Crippen molar-refractivity contribution in [1.29, 1.82) is 0 Å². The second-order valence-corrected chi connectivity index (χ2v) is 10.5. The van der Waals surface area contributed by atoms with Gasteiger partial charge < -0.3 is 20.4 Å². The first-order valence-corrected chi connectivity index (χ1v) is 13.1. The predicted molar refractivity (Wildman–Crippen MR) is 140 cm³/mol. The maximum absolute atomic E-state index is 14.7. The summed E-state index contributed by atoms with van der Waals surface area (Å²) >= 11 is 0. The molecule has 0 saturated carbocycles. The summed E-state index contributed by atoms with van der Waals surface area (Å²) in [5.41, 5.74) is -0.169. The number of carbonyl (C=O) groups is 1. The lowest BCUT2D eigenvalue weighted by molar-refractivity contribution is -0.136. The lowest BCUT2D eigenvalue weighted by Crippen LogP contribution is -2.48. The number of alkyl halides is 2. The predicted octanol–water partition coefficient (Wildman–Crippen LogP) is 3.76. The van der Waals surface area contributed by atoms with Crippen molar-refractivity contribution >= 4 is 22.5 Å². The number of β-amino-alcohol motifs (C(OH)–C–C–N with tert-alkyl or cyclic N) is 1. The largest absolute Gasteiger partial charge is 0.392 e. The van der Waals surface area contributed by atoms with Crippen LogP contribution in [0.15, 0.2) is 42.7 Å². The van der Waals surface area contributed by atoms with Gasteiger partial charge in [0, 0.05) is 49.0 Å². The van der Waals surface area contributed by atoms with E-state index in [1.807, 2.05) is 4.90 Å². The third-order valence-corrected chi connectivity index (χ3v) is 7.79. The normalized spacial score (nSPS) is 20.5. The van der Waals surface area contributed by atoms with E-state index in [0.29, 0.717) is 67.7 Å². The van der Waals surface area contributed by atoms with Crippen molar-refractivity contribution in [3.8, 4) is 0 Å². The quantitative estimate of drug-likeness (QED) is 0.417. The number of piperidine rings is 1. The van der Waals surface area contributed by atoms with Gasteiger partial charge in [-0.1, -0.05) is 18.2 Å². The van der Waals surface area contributed by atoms with Crippen molar-refractivity contribution in [3.63, 3.8) is 0 Å². The minimum Gasteiger partial charge on any atom is -0.392 e. The fraction of sp³-hybridized carbons (Fsp3) is 0.464. The molecule has 1 aromatic carbocycles. The fourth-order valence-electron chi connectivity index (χ4n) is 5.44. The van der Waals surface area contributed by atoms with Crippen LogP contribution in [-0.4, -0.2) is 74.7 Å². The van der Waals surface area contributed by atoms with Gasteiger partial charge in [-0.05, 0) is 38.3 Å². The summed E-state index contributed by atoms with van der Waals surface area (Å²) in [6, 6.07) is 6.78. The molecule has 0 unspecified atom stereocenters. The van der Waals surface area contributed by atoms with Crippen LogP contribution in [0.5, 0.6) is 0 Å². The van der Waals surface area contributed by atoms with Gasteiger partial charge in [0.2, 0.25) is 5.91 Å². The molecule has 2 fully saturated rings. The Morgan fingerprint density at radius 2 is 1.92 bits per heavy atom. The van der Waals surface area contributed by atoms with Crippen LogP contribution in [0.2, 0.25) is 0 Å². The molecule has 208 valence electrons. The first-order chi connectivity index (χ1) is 18.6. The standard InChI is InChI=1S/C28H32F3N5O3/c1-17(19-3-2-4-20(26(19)29)27(30)31)34-22-5-9-32-23-14-33-24(13-21(22)23)28(39)7-11-36(12-8-28)25(38)16-35-10-6-18(37)15-35/h2-5,9,13-14,17-18,27,37,39H,6-8,10-12,15-16H2,1H3,(H,32,34)/t17-,18+/m1/s1. The van der Waals surface area contributed by atoms with Crippen LogP contribution in [0.4, 0.5) is 18.9 Å². The molecule has 0 spiro atoms. The number of nitrogens with one attached hydrogen (secondary N) is 1. The Morgan fingerprint density at radius 1 is 1.18 bits per heavy atom.